The van der Waals surface area contributed by atoms with Crippen LogP contribution in [0.5, 0.6) is 0 Å². The van der Waals surface area contributed by atoms with Gasteiger partial charge in [-0.2, -0.15) is 4.68 Å². The summed E-state index contributed by atoms with van der Waals surface area (Å²) in [6.07, 6.45) is 4.81. The van der Waals surface area contributed by atoms with Gasteiger partial charge >= 0.3 is 6.03 Å². The van der Waals surface area contributed by atoms with Crippen LogP contribution in [0.4, 0.5) is 10.5 Å². The van der Waals surface area contributed by atoms with Gasteiger partial charge in [-0.15, -0.1) is 16.4 Å². The minimum atomic E-state index is -0.189. The molecule has 27 heavy (non-hydrogen) atoms. The molecule has 1 aliphatic rings. The predicted molar refractivity (Wildman–Crippen MR) is 105 cm³/mol. The predicted octanol–water partition coefficient (Wildman–Crippen LogP) is 4.09. The van der Waals surface area contributed by atoms with Crippen molar-refractivity contribution in [2.75, 3.05) is 5.32 Å². The van der Waals surface area contributed by atoms with Gasteiger partial charge in [-0.3, -0.25) is 0 Å². The molecule has 1 aromatic carbocycles. The number of aromatic nitrogens is 4. The highest BCUT2D eigenvalue weighted by Crippen LogP contribution is 2.37. The summed E-state index contributed by atoms with van der Waals surface area (Å²) in [6, 6.07) is 11.5. The number of carbonyl (C=O) groups excluding carboxylic acids is 1. The molecular formula is C19H22N6OS. The number of hydrogen-bond donors (Lipinski definition) is 2. The standard InChI is InChI=1S/C19H22N6OS/c1-13-22-23-24-25(13)16-9-4-8-15(12-16)20-19(26)21-18(14-6-2-3-7-14)17-10-5-11-27-17/h4-5,8-12,14,18H,2-3,6-7H2,1H3,(H2,20,21,26). The van der Waals surface area contributed by atoms with E-state index in [4.69, 9.17) is 0 Å². The van der Waals surface area contributed by atoms with E-state index in [-0.39, 0.29) is 12.1 Å². The number of rotatable bonds is 5. The van der Waals surface area contributed by atoms with E-state index in [1.165, 1.54) is 17.7 Å². The molecule has 0 radical (unpaired) electrons. The van der Waals surface area contributed by atoms with Crippen LogP contribution in [0, 0.1) is 12.8 Å². The number of hydrogen-bond acceptors (Lipinski definition) is 5. The molecule has 2 amide bonds. The van der Waals surface area contributed by atoms with Gasteiger partial charge in [-0.25, -0.2) is 4.79 Å². The Bertz CT molecular complexity index is 901. The number of anilines is 1. The molecule has 1 fully saturated rings. The van der Waals surface area contributed by atoms with Gasteiger partial charge in [0.2, 0.25) is 0 Å². The summed E-state index contributed by atoms with van der Waals surface area (Å²) in [6.45, 7) is 1.83. The number of aryl methyl sites for hydroxylation is 1. The molecule has 140 valence electrons. The highest BCUT2D eigenvalue weighted by molar-refractivity contribution is 7.10. The Morgan fingerprint density at radius 3 is 2.81 bits per heavy atom. The molecular weight excluding hydrogens is 360 g/mol. The second kappa shape index (κ2) is 7.87. The Labute approximate surface area is 161 Å². The Kier molecular flexibility index (Phi) is 5.15. The van der Waals surface area contributed by atoms with Gasteiger partial charge in [0.25, 0.3) is 0 Å². The van der Waals surface area contributed by atoms with Gasteiger partial charge in [-0.1, -0.05) is 25.0 Å². The average molecular weight is 382 g/mol. The fourth-order valence-corrected chi connectivity index (χ4v) is 4.54. The Morgan fingerprint density at radius 2 is 2.11 bits per heavy atom. The lowest BCUT2D eigenvalue weighted by molar-refractivity contribution is 0.243. The van der Waals surface area contributed by atoms with E-state index in [9.17, 15) is 4.79 Å². The van der Waals surface area contributed by atoms with Gasteiger partial charge < -0.3 is 10.6 Å². The van der Waals surface area contributed by atoms with Gasteiger partial charge in [0.15, 0.2) is 5.82 Å². The molecule has 2 aromatic heterocycles. The Morgan fingerprint density at radius 1 is 1.26 bits per heavy atom. The molecule has 0 aliphatic heterocycles. The van der Waals surface area contributed by atoms with Crippen LogP contribution in [0.1, 0.15) is 42.4 Å². The van der Waals surface area contributed by atoms with Gasteiger partial charge in [0, 0.05) is 10.6 Å². The normalized spacial score (nSPS) is 15.6. The highest BCUT2D eigenvalue weighted by Gasteiger charge is 2.28. The van der Waals surface area contributed by atoms with Gasteiger partial charge in [-0.05, 0) is 65.8 Å². The summed E-state index contributed by atoms with van der Waals surface area (Å²) in [5.74, 6) is 1.19. The first kappa shape index (κ1) is 17.7. The van der Waals surface area contributed by atoms with Crippen LogP contribution in [0.3, 0.4) is 0 Å². The molecule has 0 spiro atoms. The summed E-state index contributed by atoms with van der Waals surface area (Å²) in [7, 11) is 0. The zero-order valence-electron chi connectivity index (χ0n) is 15.1. The zero-order valence-corrected chi connectivity index (χ0v) is 15.9. The molecule has 7 nitrogen and oxygen atoms in total. The van der Waals surface area contributed by atoms with E-state index >= 15 is 0 Å². The molecule has 2 N–H and O–H groups in total. The molecule has 1 aliphatic carbocycles. The number of nitrogens with zero attached hydrogens (tertiary/aromatic N) is 4. The fourth-order valence-electron chi connectivity index (χ4n) is 3.67. The van der Waals surface area contributed by atoms with Crippen LogP contribution in [-0.4, -0.2) is 26.2 Å². The van der Waals surface area contributed by atoms with Crippen molar-refractivity contribution in [3.8, 4) is 5.69 Å². The summed E-state index contributed by atoms with van der Waals surface area (Å²) in [5, 5.41) is 19.7. The first-order chi connectivity index (χ1) is 13.2. The van der Waals surface area contributed by atoms with Crippen LogP contribution < -0.4 is 10.6 Å². The Hall–Kier alpha value is -2.74. The minimum Gasteiger partial charge on any atom is -0.330 e. The van der Waals surface area contributed by atoms with Crippen molar-refractivity contribution in [1.29, 1.82) is 0 Å². The number of urea groups is 1. The van der Waals surface area contributed by atoms with Crippen molar-refractivity contribution in [3.05, 3.63) is 52.5 Å². The number of amides is 2. The van der Waals surface area contributed by atoms with E-state index < -0.39 is 0 Å². The lowest BCUT2D eigenvalue weighted by Gasteiger charge is -2.24. The largest absolute Gasteiger partial charge is 0.330 e. The number of thiophene rings is 1. The summed E-state index contributed by atoms with van der Waals surface area (Å²) >= 11 is 1.70. The summed E-state index contributed by atoms with van der Waals surface area (Å²) in [5.41, 5.74) is 1.51. The number of nitrogens with one attached hydrogen (secondary N) is 2. The molecule has 1 unspecified atom stereocenters. The SMILES string of the molecule is Cc1nnnn1-c1cccc(NC(=O)NC(c2cccs2)C2CCCC2)c1. The van der Waals surface area contributed by atoms with E-state index in [0.717, 1.165) is 18.5 Å². The van der Waals surface area contributed by atoms with Crippen LogP contribution in [0.25, 0.3) is 5.69 Å². The minimum absolute atomic E-state index is 0.0671. The fraction of sp³-hybridized carbons (Fsp3) is 0.368. The molecule has 4 rings (SSSR count). The average Bonchev–Trinajstić information content (AvgIpc) is 3.42. The number of benzene rings is 1. The number of carbonyl (C=O) groups is 1. The smallest absolute Gasteiger partial charge is 0.319 e. The van der Waals surface area contributed by atoms with Crippen molar-refractivity contribution in [3.63, 3.8) is 0 Å². The van der Waals surface area contributed by atoms with Crippen molar-refractivity contribution >= 4 is 23.1 Å². The van der Waals surface area contributed by atoms with Gasteiger partial charge in [0.1, 0.15) is 0 Å². The van der Waals surface area contributed by atoms with Crippen molar-refractivity contribution in [2.24, 2.45) is 5.92 Å². The third-order valence-corrected chi connectivity index (χ3v) is 5.94. The van der Waals surface area contributed by atoms with Crippen molar-refractivity contribution < 1.29 is 4.79 Å². The maximum absolute atomic E-state index is 12.7. The maximum Gasteiger partial charge on any atom is 0.319 e. The lowest BCUT2D eigenvalue weighted by atomic mass is 9.97. The molecule has 8 heteroatoms. The van der Waals surface area contributed by atoms with E-state index in [2.05, 4.69) is 37.6 Å². The van der Waals surface area contributed by atoms with E-state index in [1.54, 1.807) is 16.0 Å². The maximum atomic E-state index is 12.7. The van der Waals surface area contributed by atoms with Crippen LogP contribution in [-0.2, 0) is 0 Å². The third kappa shape index (κ3) is 4.00. The second-order valence-corrected chi connectivity index (χ2v) is 7.80. The zero-order chi connectivity index (χ0) is 18.6. The van der Waals surface area contributed by atoms with Crippen LogP contribution in [0.15, 0.2) is 41.8 Å². The first-order valence-electron chi connectivity index (χ1n) is 9.17. The second-order valence-electron chi connectivity index (χ2n) is 6.82. The molecule has 2 heterocycles. The summed E-state index contributed by atoms with van der Waals surface area (Å²) in [4.78, 5) is 13.9. The lowest BCUT2D eigenvalue weighted by Crippen LogP contribution is -2.35. The summed E-state index contributed by atoms with van der Waals surface area (Å²) < 4.78 is 1.63. The van der Waals surface area contributed by atoms with Gasteiger partial charge in [0.05, 0.1) is 11.7 Å². The first-order valence-corrected chi connectivity index (χ1v) is 10.0. The topological polar surface area (TPSA) is 84.7 Å². The van der Waals surface area contributed by atoms with E-state index in [1.807, 2.05) is 37.3 Å². The van der Waals surface area contributed by atoms with Crippen LogP contribution in [0.2, 0.25) is 0 Å². The quantitative estimate of drug-likeness (QED) is 0.696. The Balaban J connectivity index is 1.47. The van der Waals surface area contributed by atoms with Crippen molar-refractivity contribution in [1.82, 2.24) is 25.5 Å². The molecule has 3 aromatic rings. The van der Waals surface area contributed by atoms with Crippen molar-refractivity contribution in [2.45, 2.75) is 38.6 Å². The molecule has 0 bridgehead atoms. The monoisotopic (exact) mass is 382 g/mol. The van der Waals surface area contributed by atoms with Crippen LogP contribution >= 0.6 is 11.3 Å². The molecule has 1 atom stereocenters. The number of tetrazole rings is 1. The third-order valence-electron chi connectivity index (χ3n) is 4.98. The molecule has 1 saturated carbocycles. The molecule has 0 saturated heterocycles. The highest BCUT2D eigenvalue weighted by atomic mass is 32.1. The van der Waals surface area contributed by atoms with E-state index in [0.29, 0.717) is 17.4 Å².